The quantitative estimate of drug-likeness (QED) is 0.521. The molecule has 5 amide bonds. The zero-order valence-corrected chi connectivity index (χ0v) is 20.0. The van der Waals surface area contributed by atoms with Crippen LogP contribution in [0.5, 0.6) is 0 Å². The third-order valence-electron chi connectivity index (χ3n) is 5.14. The summed E-state index contributed by atoms with van der Waals surface area (Å²) in [6.07, 6.45) is -0.706. The second-order valence-corrected chi connectivity index (χ2v) is 8.98. The summed E-state index contributed by atoms with van der Waals surface area (Å²) in [6, 6.07) is 12.2. The molecule has 1 unspecified atom stereocenters. The minimum Gasteiger partial charge on any atom is -0.444 e. The molecule has 3 rings (SSSR count). The van der Waals surface area contributed by atoms with Gasteiger partial charge in [0.1, 0.15) is 18.2 Å². The fourth-order valence-electron chi connectivity index (χ4n) is 3.43. The lowest BCUT2D eigenvalue weighted by molar-refractivity contribution is -0.120. The second kappa shape index (κ2) is 10.4. The number of rotatable bonds is 7. The van der Waals surface area contributed by atoms with E-state index >= 15 is 0 Å². The molecule has 0 fully saturated rings. The van der Waals surface area contributed by atoms with Gasteiger partial charge in [-0.15, -0.1) is 0 Å². The number of fused-ring (bicyclic) bond motifs is 1. The van der Waals surface area contributed by atoms with Gasteiger partial charge >= 0.3 is 6.09 Å². The summed E-state index contributed by atoms with van der Waals surface area (Å²) in [7, 11) is 0. The van der Waals surface area contributed by atoms with Crippen molar-refractivity contribution in [2.24, 2.45) is 0 Å². The number of hydrogen-bond donors (Lipinski definition) is 3. The average molecular weight is 481 g/mol. The Morgan fingerprint density at radius 2 is 1.49 bits per heavy atom. The number of nitrogens with zero attached hydrogens (tertiary/aromatic N) is 1. The molecule has 1 heterocycles. The molecule has 0 spiro atoms. The number of nitrogens with one attached hydrogen (secondary N) is 3. The summed E-state index contributed by atoms with van der Waals surface area (Å²) in [5.41, 5.74) is 0.866. The molecular weight excluding hydrogens is 452 g/mol. The fourth-order valence-corrected chi connectivity index (χ4v) is 3.43. The maximum Gasteiger partial charge on any atom is 0.408 e. The molecule has 3 N–H and O–H groups in total. The molecule has 35 heavy (non-hydrogen) atoms. The highest BCUT2D eigenvalue weighted by atomic mass is 16.6. The van der Waals surface area contributed by atoms with E-state index in [1.165, 1.54) is 6.92 Å². The third-order valence-corrected chi connectivity index (χ3v) is 5.14. The average Bonchev–Trinajstić information content (AvgIpc) is 3.05. The van der Waals surface area contributed by atoms with Crippen LogP contribution in [0.1, 0.15) is 54.0 Å². The van der Waals surface area contributed by atoms with E-state index in [4.69, 9.17) is 4.74 Å². The van der Waals surface area contributed by atoms with Gasteiger partial charge in [-0.1, -0.05) is 30.3 Å². The molecule has 2 aromatic rings. The van der Waals surface area contributed by atoms with Crippen molar-refractivity contribution in [3.63, 3.8) is 0 Å². The zero-order chi connectivity index (χ0) is 25.8. The van der Waals surface area contributed by atoms with E-state index in [2.05, 4.69) is 16.0 Å². The minimum atomic E-state index is -1.05. The first kappa shape index (κ1) is 25.4. The van der Waals surface area contributed by atoms with Crippen molar-refractivity contribution >= 4 is 35.4 Å². The summed E-state index contributed by atoms with van der Waals surface area (Å²) in [4.78, 5) is 63.0. The van der Waals surface area contributed by atoms with E-state index in [1.54, 1.807) is 69.3 Å². The van der Waals surface area contributed by atoms with Crippen molar-refractivity contribution in [2.45, 2.75) is 45.9 Å². The zero-order valence-electron chi connectivity index (χ0n) is 20.0. The van der Waals surface area contributed by atoms with Gasteiger partial charge in [0.2, 0.25) is 11.8 Å². The molecule has 0 bridgehead atoms. The van der Waals surface area contributed by atoms with E-state index in [0.717, 1.165) is 4.90 Å². The number of alkyl carbamates (subject to hydrolysis) is 1. The van der Waals surface area contributed by atoms with Gasteiger partial charge in [-0.2, -0.15) is 0 Å². The Kier molecular flexibility index (Phi) is 7.53. The molecule has 0 aromatic heterocycles. The number of carbonyl (C=O) groups excluding carboxylic acids is 5. The molecule has 0 aliphatic carbocycles. The molecule has 0 radical (unpaired) electrons. The summed E-state index contributed by atoms with van der Waals surface area (Å²) in [5.74, 6) is -2.04. The predicted octanol–water partition coefficient (Wildman–Crippen LogP) is 2.45. The number of carbonyl (C=O) groups is 5. The summed E-state index contributed by atoms with van der Waals surface area (Å²) >= 11 is 0. The van der Waals surface area contributed by atoms with Gasteiger partial charge in [-0.05, 0) is 51.5 Å². The smallest absolute Gasteiger partial charge is 0.408 e. The Morgan fingerprint density at radius 3 is 2.09 bits per heavy atom. The van der Waals surface area contributed by atoms with Crippen LogP contribution in [-0.4, -0.2) is 52.8 Å². The molecular formula is C25H28N4O6. The van der Waals surface area contributed by atoms with Crippen molar-refractivity contribution in [3.8, 4) is 0 Å². The van der Waals surface area contributed by atoms with Crippen LogP contribution in [0.2, 0.25) is 0 Å². The molecule has 0 saturated heterocycles. The van der Waals surface area contributed by atoms with Crippen LogP contribution in [0.3, 0.4) is 0 Å². The fraction of sp³-hybridized carbons (Fsp3) is 0.320. The summed E-state index contributed by atoms with van der Waals surface area (Å²) in [5, 5.41) is 7.76. The number of hydrogen-bond acceptors (Lipinski definition) is 6. The van der Waals surface area contributed by atoms with Gasteiger partial charge < -0.3 is 20.7 Å². The number of anilines is 1. The van der Waals surface area contributed by atoms with E-state index in [9.17, 15) is 24.0 Å². The largest absolute Gasteiger partial charge is 0.444 e. The summed E-state index contributed by atoms with van der Waals surface area (Å²) < 4.78 is 5.08. The van der Waals surface area contributed by atoms with Crippen LogP contribution in [-0.2, 0) is 20.9 Å². The number of imide groups is 1. The molecule has 1 atom stereocenters. The Bertz CT molecular complexity index is 1140. The summed E-state index contributed by atoms with van der Waals surface area (Å²) in [6.45, 7) is 6.42. The van der Waals surface area contributed by atoms with Crippen LogP contribution in [0, 0.1) is 0 Å². The molecule has 0 saturated carbocycles. The monoisotopic (exact) mass is 480 g/mol. The van der Waals surface area contributed by atoms with Crippen LogP contribution in [0.4, 0.5) is 10.5 Å². The van der Waals surface area contributed by atoms with Gasteiger partial charge in [0.05, 0.1) is 11.1 Å². The van der Waals surface area contributed by atoms with Gasteiger partial charge in [-0.3, -0.25) is 24.1 Å². The van der Waals surface area contributed by atoms with Crippen LogP contribution >= 0.6 is 0 Å². The molecule has 2 aromatic carbocycles. The third kappa shape index (κ3) is 6.23. The standard InChI is InChI=1S/C25H28N4O6/c1-15(29-22(32)17-10-6-7-11-18(17)23(29)33)21(31)28-19-12-8-5-9-16(19)13-26-20(30)14-27-24(34)35-25(2,3)4/h5-12,15H,13-14H2,1-4H3,(H,26,30)(H,27,34)(H,28,31). The Hall–Kier alpha value is -4.21. The van der Waals surface area contributed by atoms with Gasteiger partial charge in [0.15, 0.2) is 0 Å². The van der Waals surface area contributed by atoms with Crippen LogP contribution in [0.25, 0.3) is 0 Å². The van der Waals surface area contributed by atoms with E-state index < -0.39 is 41.4 Å². The normalized spacial score (nSPS) is 13.7. The van der Waals surface area contributed by atoms with E-state index in [1.807, 2.05) is 0 Å². The van der Waals surface area contributed by atoms with E-state index in [0.29, 0.717) is 11.3 Å². The van der Waals surface area contributed by atoms with Crippen molar-refractivity contribution in [1.29, 1.82) is 0 Å². The number of ether oxygens (including phenoxy) is 1. The highest BCUT2D eigenvalue weighted by molar-refractivity contribution is 6.23. The van der Waals surface area contributed by atoms with Crippen LogP contribution in [0.15, 0.2) is 48.5 Å². The molecule has 184 valence electrons. The SMILES string of the molecule is CC(C(=O)Nc1ccccc1CNC(=O)CNC(=O)OC(C)(C)C)N1C(=O)c2ccccc2C1=O. The topological polar surface area (TPSA) is 134 Å². The van der Waals surface area contributed by atoms with Crippen molar-refractivity contribution in [3.05, 3.63) is 65.2 Å². The molecule has 1 aliphatic heterocycles. The lowest BCUT2D eigenvalue weighted by Gasteiger charge is -2.22. The minimum absolute atomic E-state index is 0.0761. The number of para-hydroxylation sites is 1. The van der Waals surface area contributed by atoms with Gasteiger partial charge in [-0.25, -0.2) is 4.79 Å². The Balaban J connectivity index is 1.59. The Morgan fingerprint density at radius 1 is 0.914 bits per heavy atom. The van der Waals surface area contributed by atoms with Gasteiger partial charge in [0.25, 0.3) is 11.8 Å². The van der Waals surface area contributed by atoms with Crippen molar-refractivity contribution < 1.29 is 28.7 Å². The van der Waals surface area contributed by atoms with Crippen LogP contribution < -0.4 is 16.0 Å². The first-order chi connectivity index (χ1) is 16.5. The molecule has 10 heteroatoms. The van der Waals surface area contributed by atoms with Crippen molar-refractivity contribution in [1.82, 2.24) is 15.5 Å². The Labute approximate surface area is 203 Å². The predicted molar refractivity (Wildman–Crippen MR) is 128 cm³/mol. The highest BCUT2D eigenvalue weighted by Crippen LogP contribution is 2.25. The lowest BCUT2D eigenvalue weighted by Crippen LogP contribution is -2.45. The lowest BCUT2D eigenvalue weighted by atomic mass is 10.1. The second-order valence-electron chi connectivity index (χ2n) is 8.98. The van der Waals surface area contributed by atoms with Crippen molar-refractivity contribution in [2.75, 3.05) is 11.9 Å². The maximum absolute atomic E-state index is 12.9. The molecule has 10 nitrogen and oxygen atoms in total. The molecule has 1 aliphatic rings. The van der Waals surface area contributed by atoms with Gasteiger partial charge in [0, 0.05) is 12.2 Å². The maximum atomic E-state index is 12.9. The number of benzene rings is 2. The first-order valence-electron chi connectivity index (χ1n) is 11.1. The highest BCUT2D eigenvalue weighted by Gasteiger charge is 2.40. The first-order valence-corrected chi connectivity index (χ1v) is 11.1. The number of amides is 5. The van der Waals surface area contributed by atoms with E-state index in [-0.39, 0.29) is 24.2 Å².